The monoisotopic (exact) mass is 285 g/mol. The maximum atomic E-state index is 13.7. The summed E-state index contributed by atoms with van der Waals surface area (Å²) in [6.07, 6.45) is 0. The van der Waals surface area contributed by atoms with Gasteiger partial charge < -0.3 is 9.64 Å². The minimum atomic E-state index is -0.245. The van der Waals surface area contributed by atoms with Crippen molar-refractivity contribution in [2.75, 3.05) is 26.3 Å². The highest BCUT2D eigenvalue weighted by Crippen LogP contribution is 2.24. The predicted molar refractivity (Wildman–Crippen MR) is 65.5 cm³/mol. The van der Waals surface area contributed by atoms with Crippen LogP contribution in [0.4, 0.5) is 4.39 Å². The molecule has 0 saturated carbocycles. The SMILES string of the molecule is C=C(c1ccc(Br)cc1F)N1CCOCC1. The van der Waals surface area contributed by atoms with E-state index in [4.69, 9.17) is 4.74 Å². The molecule has 1 aliphatic heterocycles. The van der Waals surface area contributed by atoms with Gasteiger partial charge in [-0.1, -0.05) is 22.5 Å². The summed E-state index contributed by atoms with van der Waals surface area (Å²) in [4.78, 5) is 2.05. The quantitative estimate of drug-likeness (QED) is 0.829. The van der Waals surface area contributed by atoms with Gasteiger partial charge in [-0.15, -0.1) is 0 Å². The highest BCUT2D eigenvalue weighted by atomic mass is 79.9. The van der Waals surface area contributed by atoms with Gasteiger partial charge in [-0.2, -0.15) is 0 Å². The molecule has 1 aliphatic rings. The third-order valence-electron chi connectivity index (χ3n) is 2.63. The van der Waals surface area contributed by atoms with Gasteiger partial charge in [0, 0.05) is 28.8 Å². The Kier molecular flexibility index (Phi) is 3.61. The lowest BCUT2D eigenvalue weighted by molar-refractivity contribution is 0.0639. The van der Waals surface area contributed by atoms with Gasteiger partial charge in [-0.3, -0.25) is 0 Å². The smallest absolute Gasteiger partial charge is 0.133 e. The molecule has 1 aromatic carbocycles. The third kappa shape index (κ3) is 2.44. The molecule has 0 unspecified atom stereocenters. The van der Waals surface area contributed by atoms with Gasteiger partial charge in [0.15, 0.2) is 0 Å². The molecular weight excluding hydrogens is 273 g/mol. The fourth-order valence-electron chi connectivity index (χ4n) is 1.73. The van der Waals surface area contributed by atoms with Crippen LogP contribution in [0.2, 0.25) is 0 Å². The Morgan fingerprint density at radius 3 is 2.69 bits per heavy atom. The van der Waals surface area contributed by atoms with E-state index in [1.54, 1.807) is 6.07 Å². The molecule has 1 saturated heterocycles. The molecule has 4 heteroatoms. The van der Waals surface area contributed by atoms with Crippen LogP contribution in [0, 0.1) is 5.82 Å². The predicted octanol–water partition coefficient (Wildman–Crippen LogP) is 2.89. The van der Waals surface area contributed by atoms with Gasteiger partial charge in [-0.05, 0) is 18.2 Å². The van der Waals surface area contributed by atoms with Crippen LogP contribution in [0.3, 0.4) is 0 Å². The summed E-state index contributed by atoms with van der Waals surface area (Å²) >= 11 is 3.24. The Bertz CT molecular complexity index is 402. The molecule has 2 rings (SSSR count). The zero-order valence-corrected chi connectivity index (χ0v) is 10.5. The lowest BCUT2D eigenvalue weighted by Gasteiger charge is -2.30. The van der Waals surface area contributed by atoms with Crippen molar-refractivity contribution in [1.82, 2.24) is 4.90 Å². The van der Waals surface area contributed by atoms with E-state index in [0.717, 1.165) is 23.3 Å². The number of nitrogens with zero attached hydrogens (tertiary/aromatic N) is 1. The molecule has 0 aliphatic carbocycles. The average Bonchev–Trinajstić information content (AvgIpc) is 2.29. The number of halogens is 2. The first-order valence-corrected chi connectivity index (χ1v) is 5.95. The molecule has 0 bridgehead atoms. The van der Waals surface area contributed by atoms with Crippen LogP contribution in [0.5, 0.6) is 0 Å². The molecule has 0 aromatic heterocycles. The van der Waals surface area contributed by atoms with Crippen molar-refractivity contribution < 1.29 is 9.13 Å². The summed E-state index contributed by atoms with van der Waals surface area (Å²) in [5.74, 6) is -0.245. The Hall–Kier alpha value is -0.870. The average molecular weight is 286 g/mol. The highest BCUT2D eigenvalue weighted by molar-refractivity contribution is 9.10. The second-order valence-electron chi connectivity index (χ2n) is 3.67. The number of ether oxygens (including phenoxy) is 1. The summed E-state index contributed by atoms with van der Waals surface area (Å²) < 4.78 is 19.7. The third-order valence-corrected chi connectivity index (χ3v) is 3.13. The first-order chi connectivity index (χ1) is 7.68. The lowest BCUT2D eigenvalue weighted by atomic mass is 10.1. The first-order valence-electron chi connectivity index (χ1n) is 5.15. The van der Waals surface area contributed by atoms with E-state index in [-0.39, 0.29) is 5.82 Å². The Labute approximate surface area is 103 Å². The molecule has 86 valence electrons. The van der Waals surface area contributed by atoms with Gasteiger partial charge in [0.2, 0.25) is 0 Å². The summed E-state index contributed by atoms with van der Waals surface area (Å²) in [6.45, 7) is 6.85. The van der Waals surface area contributed by atoms with E-state index in [1.165, 1.54) is 6.07 Å². The van der Waals surface area contributed by atoms with Gasteiger partial charge in [0.1, 0.15) is 5.82 Å². The second kappa shape index (κ2) is 4.97. The number of rotatable bonds is 2. The van der Waals surface area contributed by atoms with Crippen LogP contribution in [0.1, 0.15) is 5.56 Å². The molecule has 0 spiro atoms. The number of morpholine rings is 1. The first kappa shape index (κ1) is 11.6. The molecule has 0 N–H and O–H groups in total. The van der Waals surface area contributed by atoms with E-state index in [0.29, 0.717) is 18.8 Å². The Morgan fingerprint density at radius 2 is 2.06 bits per heavy atom. The molecule has 0 radical (unpaired) electrons. The molecular formula is C12H13BrFNO. The molecule has 2 nitrogen and oxygen atoms in total. The molecule has 1 aromatic rings. The summed E-state index contributed by atoms with van der Waals surface area (Å²) in [7, 11) is 0. The van der Waals surface area contributed by atoms with Crippen molar-refractivity contribution in [3.63, 3.8) is 0 Å². The van der Waals surface area contributed by atoms with Crippen LogP contribution >= 0.6 is 15.9 Å². The molecule has 1 fully saturated rings. The van der Waals surface area contributed by atoms with Gasteiger partial charge in [0.05, 0.1) is 13.2 Å². The summed E-state index contributed by atoms with van der Waals surface area (Å²) in [6, 6.07) is 5.03. The minimum Gasteiger partial charge on any atom is -0.378 e. The minimum absolute atomic E-state index is 0.245. The topological polar surface area (TPSA) is 12.5 Å². The van der Waals surface area contributed by atoms with Crippen molar-refractivity contribution in [3.8, 4) is 0 Å². The van der Waals surface area contributed by atoms with Crippen molar-refractivity contribution in [3.05, 3.63) is 40.6 Å². The van der Waals surface area contributed by atoms with Crippen LogP contribution < -0.4 is 0 Å². The van der Waals surface area contributed by atoms with Crippen LogP contribution in [-0.2, 0) is 4.74 Å². The fourth-order valence-corrected chi connectivity index (χ4v) is 2.06. The Morgan fingerprint density at radius 1 is 1.38 bits per heavy atom. The van der Waals surface area contributed by atoms with E-state index in [9.17, 15) is 4.39 Å². The van der Waals surface area contributed by atoms with Crippen LogP contribution in [-0.4, -0.2) is 31.2 Å². The van der Waals surface area contributed by atoms with Crippen molar-refractivity contribution >= 4 is 21.6 Å². The van der Waals surface area contributed by atoms with Gasteiger partial charge in [-0.25, -0.2) is 4.39 Å². The van der Waals surface area contributed by atoms with Crippen molar-refractivity contribution in [1.29, 1.82) is 0 Å². The Balaban J connectivity index is 2.19. The fraction of sp³-hybridized carbons (Fsp3) is 0.333. The molecule has 0 atom stereocenters. The maximum absolute atomic E-state index is 13.7. The van der Waals surface area contributed by atoms with Gasteiger partial charge in [0.25, 0.3) is 0 Å². The molecule has 16 heavy (non-hydrogen) atoms. The van der Waals surface area contributed by atoms with Gasteiger partial charge >= 0.3 is 0 Å². The highest BCUT2D eigenvalue weighted by Gasteiger charge is 2.16. The largest absolute Gasteiger partial charge is 0.378 e. The zero-order valence-electron chi connectivity index (χ0n) is 8.88. The van der Waals surface area contributed by atoms with Crippen molar-refractivity contribution in [2.45, 2.75) is 0 Å². The summed E-state index contributed by atoms with van der Waals surface area (Å²) in [5.41, 5.74) is 1.29. The number of hydrogen-bond donors (Lipinski definition) is 0. The lowest BCUT2D eigenvalue weighted by Crippen LogP contribution is -2.34. The zero-order chi connectivity index (χ0) is 11.5. The standard InChI is InChI=1S/C12H13BrFNO/c1-9(15-4-6-16-7-5-15)11-3-2-10(13)8-12(11)14/h2-3,8H,1,4-7H2. The summed E-state index contributed by atoms with van der Waals surface area (Å²) in [5, 5.41) is 0. The van der Waals surface area contributed by atoms with E-state index in [2.05, 4.69) is 27.4 Å². The maximum Gasteiger partial charge on any atom is 0.133 e. The normalized spacial score (nSPS) is 16.2. The number of hydrogen-bond acceptors (Lipinski definition) is 2. The van der Waals surface area contributed by atoms with E-state index >= 15 is 0 Å². The second-order valence-corrected chi connectivity index (χ2v) is 4.59. The van der Waals surface area contributed by atoms with E-state index < -0.39 is 0 Å². The van der Waals surface area contributed by atoms with E-state index in [1.807, 2.05) is 6.07 Å². The number of benzene rings is 1. The molecule has 1 heterocycles. The van der Waals surface area contributed by atoms with Crippen molar-refractivity contribution in [2.24, 2.45) is 0 Å². The van der Waals surface area contributed by atoms with Crippen LogP contribution in [0.15, 0.2) is 29.3 Å². The molecule has 0 amide bonds. The van der Waals surface area contributed by atoms with Crippen LogP contribution in [0.25, 0.3) is 5.70 Å².